The Morgan fingerprint density at radius 2 is 1.83 bits per heavy atom. The lowest BCUT2D eigenvalue weighted by Gasteiger charge is -2.12. The van der Waals surface area contributed by atoms with Crippen molar-refractivity contribution in [3.8, 4) is 22.5 Å². The first kappa shape index (κ1) is 18.9. The standard InChI is InChI=1S/C23H19ClN4O2/c1-13-9-15(10-18(24)26-13)20-19(14-5-3-2-4-6-14)28-23-21(27-20)22(29)16(11-25-23)12-30-17-7-8-17/h2-6,9-11,17H,7-8,12H2,1H3,(H,25,28,29). The van der Waals surface area contributed by atoms with Crippen LogP contribution in [0.1, 0.15) is 24.1 Å². The lowest BCUT2D eigenvalue weighted by Crippen LogP contribution is -2.15. The number of nitrogens with zero attached hydrogens (tertiary/aromatic N) is 3. The molecule has 7 heteroatoms. The van der Waals surface area contributed by atoms with Gasteiger partial charge in [0.25, 0.3) is 0 Å². The highest BCUT2D eigenvalue weighted by Gasteiger charge is 2.23. The minimum Gasteiger partial charge on any atom is -0.373 e. The molecule has 1 saturated carbocycles. The largest absolute Gasteiger partial charge is 0.373 e. The van der Waals surface area contributed by atoms with Crippen molar-refractivity contribution in [3.63, 3.8) is 0 Å². The molecule has 0 saturated heterocycles. The lowest BCUT2D eigenvalue weighted by molar-refractivity contribution is 0.105. The highest BCUT2D eigenvalue weighted by Crippen LogP contribution is 2.31. The van der Waals surface area contributed by atoms with Gasteiger partial charge in [0.2, 0.25) is 5.43 Å². The molecule has 1 N–H and O–H groups in total. The number of rotatable bonds is 5. The third-order valence-corrected chi connectivity index (χ3v) is 5.22. The number of H-pyrrole nitrogens is 1. The second-order valence-corrected chi connectivity index (χ2v) is 7.84. The molecule has 0 atom stereocenters. The average molecular weight is 419 g/mol. The van der Waals surface area contributed by atoms with Gasteiger partial charge < -0.3 is 9.72 Å². The molecule has 1 aliphatic carbocycles. The normalized spacial score (nSPS) is 13.7. The number of hydrogen-bond acceptors (Lipinski definition) is 5. The molecule has 0 unspecified atom stereocenters. The Morgan fingerprint density at radius 1 is 1.07 bits per heavy atom. The van der Waals surface area contributed by atoms with Crippen LogP contribution in [0.5, 0.6) is 0 Å². The maximum atomic E-state index is 13.1. The topological polar surface area (TPSA) is 80.8 Å². The van der Waals surface area contributed by atoms with Crippen molar-refractivity contribution >= 4 is 22.8 Å². The van der Waals surface area contributed by atoms with Crippen molar-refractivity contribution in [1.82, 2.24) is 19.9 Å². The van der Waals surface area contributed by atoms with Gasteiger partial charge in [-0.2, -0.15) is 0 Å². The monoisotopic (exact) mass is 418 g/mol. The van der Waals surface area contributed by atoms with E-state index in [2.05, 4.69) is 9.97 Å². The second-order valence-electron chi connectivity index (χ2n) is 7.46. The Hall–Kier alpha value is -3.09. The Balaban J connectivity index is 1.72. The van der Waals surface area contributed by atoms with E-state index in [1.165, 1.54) is 0 Å². The van der Waals surface area contributed by atoms with Crippen LogP contribution in [0.2, 0.25) is 5.15 Å². The molecule has 0 radical (unpaired) electrons. The van der Waals surface area contributed by atoms with Crippen LogP contribution in [0.15, 0.2) is 53.5 Å². The van der Waals surface area contributed by atoms with Gasteiger partial charge in [0.1, 0.15) is 5.15 Å². The van der Waals surface area contributed by atoms with Gasteiger partial charge in [0, 0.05) is 28.6 Å². The molecule has 1 aliphatic rings. The Kier molecular flexibility index (Phi) is 4.81. The third-order valence-electron chi connectivity index (χ3n) is 5.03. The molecule has 5 rings (SSSR count). The van der Waals surface area contributed by atoms with Crippen molar-refractivity contribution in [2.24, 2.45) is 0 Å². The summed E-state index contributed by atoms with van der Waals surface area (Å²) in [5.74, 6) is 0. The number of aromatic amines is 1. The first-order valence-corrected chi connectivity index (χ1v) is 10.2. The molecule has 0 spiro atoms. The van der Waals surface area contributed by atoms with E-state index in [-0.39, 0.29) is 23.7 Å². The smallest absolute Gasteiger partial charge is 0.214 e. The summed E-state index contributed by atoms with van der Waals surface area (Å²) < 4.78 is 5.71. The Bertz CT molecular complexity index is 1280. The maximum absolute atomic E-state index is 13.1. The fourth-order valence-corrected chi connectivity index (χ4v) is 3.63. The summed E-state index contributed by atoms with van der Waals surface area (Å²) in [6.07, 6.45) is 4.05. The highest BCUT2D eigenvalue weighted by atomic mass is 35.5. The molecule has 0 bridgehead atoms. The molecule has 3 aromatic heterocycles. The van der Waals surface area contributed by atoms with E-state index < -0.39 is 0 Å². The quantitative estimate of drug-likeness (QED) is 0.475. The van der Waals surface area contributed by atoms with Crippen molar-refractivity contribution < 1.29 is 4.74 Å². The summed E-state index contributed by atoms with van der Waals surface area (Å²) in [5.41, 5.74) is 4.78. The summed E-state index contributed by atoms with van der Waals surface area (Å²) >= 11 is 6.21. The minimum atomic E-state index is -0.172. The number of pyridine rings is 2. The number of hydrogen-bond donors (Lipinski definition) is 1. The molecule has 30 heavy (non-hydrogen) atoms. The third kappa shape index (κ3) is 3.72. The number of nitrogens with one attached hydrogen (secondary N) is 1. The molecular formula is C23H19ClN4O2. The molecular weight excluding hydrogens is 400 g/mol. The summed E-state index contributed by atoms with van der Waals surface area (Å²) in [6, 6.07) is 13.4. The van der Waals surface area contributed by atoms with Crippen LogP contribution in [0.25, 0.3) is 33.7 Å². The summed E-state index contributed by atoms with van der Waals surface area (Å²) in [4.78, 5) is 30.0. The molecule has 150 valence electrons. The van der Waals surface area contributed by atoms with Gasteiger partial charge in [0.15, 0.2) is 11.2 Å². The number of benzene rings is 1. The molecule has 4 aromatic rings. The van der Waals surface area contributed by atoms with E-state index in [4.69, 9.17) is 26.3 Å². The summed E-state index contributed by atoms with van der Waals surface area (Å²) in [6.45, 7) is 2.14. The predicted octanol–water partition coefficient (Wildman–Crippen LogP) is 4.69. The van der Waals surface area contributed by atoms with Crippen LogP contribution in [-0.4, -0.2) is 26.0 Å². The zero-order valence-electron chi connectivity index (χ0n) is 16.4. The van der Waals surface area contributed by atoms with Crippen LogP contribution in [0.3, 0.4) is 0 Å². The first-order valence-electron chi connectivity index (χ1n) is 9.82. The second kappa shape index (κ2) is 7.63. The maximum Gasteiger partial charge on any atom is 0.214 e. The fraction of sp³-hybridized carbons (Fsp3) is 0.217. The number of aryl methyl sites for hydroxylation is 1. The number of halogens is 1. The van der Waals surface area contributed by atoms with Crippen molar-refractivity contribution in [3.05, 3.63) is 75.3 Å². The zero-order chi connectivity index (χ0) is 20.7. The van der Waals surface area contributed by atoms with Crippen LogP contribution < -0.4 is 5.43 Å². The van der Waals surface area contributed by atoms with Gasteiger partial charge in [-0.1, -0.05) is 41.9 Å². The number of fused-ring (bicyclic) bond motifs is 1. The van der Waals surface area contributed by atoms with Crippen LogP contribution in [0, 0.1) is 6.92 Å². The van der Waals surface area contributed by atoms with Crippen LogP contribution in [-0.2, 0) is 11.3 Å². The molecule has 1 fully saturated rings. The first-order chi connectivity index (χ1) is 14.6. The minimum absolute atomic E-state index is 0.172. The van der Waals surface area contributed by atoms with Crippen LogP contribution >= 0.6 is 11.6 Å². The van der Waals surface area contributed by atoms with Crippen molar-refractivity contribution in [1.29, 1.82) is 0 Å². The van der Waals surface area contributed by atoms with E-state index in [1.807, 2.05) is 43.3 Å². The van der Waals surface area contributed by atoms with Gasteiger partial charge >= 0.3 is 0 Å². The number of ether oxygens (including phenoxy) is 1. The van der Waals surface area contributed by atoms with E-state index in [0.717, 1.165) is 29.7 Å². The molecule has 6 nitrogen and oxygen atoms in total. The van der Waals surface area contributed by atoms with Gasteiger partial charge in [-0.3, -0.25) is 4.79 Å². The van der Waals surface area contributed by atoms with E-state index in [9.17, 15) is 4.79 Å². The molecule has 0 aliphatic heterocycles. The van der Waals surface area contributed by atoms with E-state index in [0.29, 0.717) is 27.8 Å². The Morgan fingerprint density at radius 3 is 2.57 bits per heavy atom. The highest BCUT2D eigenvalue weighted by molar-refractivity contribution is 6.29. The van der Waals surface area contributed by atoms with Crippen molar-refractivity contribution in [2.45, 2.75) is 32.5 Å². The molecule has 0 amide bonds. The van der Waals surface area contributed by atoms with Gasteiger partial charge in [-0.05, 0) is 31.9 Å². The summed E-state index contributed by atoms with van der Waals surface area (Å²) in [7, 11) is 0. The van der Waals surface area contributed by atoms with Gasteiger partial charge in [-0.25, -0.2) is 15.0 Å². The number of aromatic nitrogens is 4. The Labute approximate surface area is 178 Å². The van der Waals surface area contributed by atoms with Crippen LogP contribution in [0.4, 0.5) is 0 Å². The average Bonchev–Trinajstić information content (AvgIpc) is 3.57. The molecule has 3 heterocycles. The summed E-state index contributed by atoms with van der Waals surface area (Å²) in [5, 5.41) is 0.367. The lowest BCUT2D eigenvalue weighted by atomic mass is 10.0. The predicted molar refractivity (Wildman–Crippen MR) is 116 cm³/mol. The zero-order valence-corrected chi connectivity index (χ0v) is 17.1. The SMILES string of the molecule is Cc1cc(-c2nc3c(=O)c(COC4CC4)c[nH]c3nc2-c2ccccc2)cc(Cl)n1. The van der Waals surface area contributed by atoms with E-state index in [1.54, 1.807) is 12.3 Å². The van der Waals surface area contributed by atoms with Gasteiger partial charge in [-0.15, -0.1) is 0 Å². The fourth-order valence-electron chi connectivity index (χ4n) is 3.38. The van der Waals surface area contributed by atoms with E-state index >= 15 is 0 Å². The molecule has 1 aromatic carbocycles. The van der Waals surface area contributed by atoms with Gasteiger partial charge in [0.05, 0.1) is 24.1 Å². The van der Waals surface area contributed by atoms with Crippen molar-refractivity contribution in [2.75, 3.05) is 0 Å².